The molecule has 0 saturated heterocycles. The molecule has 14 heavy (non-hydrogen) atoms. The maximum absolute atomic E-state index is 4.43. The molecule has 2 unspecified atom stereocenters. The Labute approximate surface area is 90.1 Å². The Morgan fingerprint density at radius 1 is 1.43 bits per heavy atom. The predicted molar refractivity (Wildman–Crippen MR) is 60.8 cm³/mol. The van der Waals surface area contributed by atoms with Gasteiger partial charge in [-0.3, -0.25) is 0 Å². The highest BCUT2D eigenvalue weighted by molar-refractivity contribution is 7.05. The summed E-state index contributed by atoms with van der Waals surface area (Å²) in [4.78, 5) is 4.43. The van der Waals surface area contributed by atoms with Gasteiger partial charge in [0.25, 0.3) is 0 Å². The van der Waals surface area contributed by atoms with Crippen molar-refractivity contribution < 1.29 is 0 Å². The van der Waals surface area contributed by atoms with Crippen LogP contribution in [0.15, 0.2) is 0 Å². The summed E-state index contributed by atoms with van der Waals surface area (Å²) in [6.07, 6.45) is 1.13. The van der Waals surface area contributed by atoms with Crippen LogP contribution in [0.25, 0.3) is 0 Å². The van der Waals surface area contributed by atoms with Crippen LogP contribution in [0.2, 0.25) is 0 Å². The van der Waals surface area contributed by atoms with E-state index in [9.17, 15) is 0 Å². The molecule has 0 saturated carbocycles. The van der Waals surface area contributed by atoms with Crippen molar-refractivity contribution in [3.63, 3.8) is 0 Å². The number of hydrogen-bond acceptors (Lipinski definition) is 4. The van der Waals surface area contributed by atoms with Crippen LogP contribution in [0.3, 0.4) is 0 Å². The Kier molecular flexibility index (Phi) is 4.48. The van der Waals surface area contributed by atoms with Crippen LogP contribution in [0.4, 0.5) is 0 Å². The highest BCUT2D eigenvalue weighted by Gasteiger charge is 2.19. The van der Waals surface area contributed by atoms with Crippen LogP contribution in [-0.4, -0.2) is 21.9 Å². The van der Waals surface area contributed by atoms with E-state index in [4.69, 9.17) is 0 Å². The first-order valence-electron chi connectivity index (χ1n) is 5.22. The molecular formula is C10H19N3S. The maximum Gasteiger partial charge on any atom is 0.139 e. The van der Waals surface area contributed by atoms with Crippen molar-refractivity contribution >= 4 is 11.5 Å². The number of rotatable bonds is 5. The van der Waals surface area contributed by atoms with Gasteiger partial charge in [0.2, 0.25) is 0 Å². The Balaban J connectivity index is 2.66. The first-order chi connectivity index (χ1) is 6.69. The first-order valence-corrected chi connectivity index (χ1v) is 5.99. The van der Waals surface area contributed by atoms with Crippen molar-refractivity contribution in [3.8, 4) is 0 Å². The first kappa shape index (κ1) is 11.6. The number of aryl methyl sites for hydroxylation is 1. The molecule has 1 aromatic heterocycles. The normalized spacial score (nSPS) is 15.4. The summed E-state index contributed by atoms with van der Waals surface area (Å²) < 4.78 is 4.22. The Morgan fingerprint density at radius 3 is 2.57 bits per heavy atom. The molecule has 4 heteroatoms. The Morgan fingerprint density at radius 2 is 2.14 bits per heavy atom. The molecule has 1 heterocycles. The summed E-state index contributed by atoms with van der Waals surface area (Å²) in [5.41, 5.74) is 0. The highest BCUT2D eigenvalue weighted by Crippen LogP contribution is 2.22. The molecule has 0 fully saturated rings. The predicted octanol–water partition coefficient (Wildman–Crippen LogP) is 2.34. The van der Waals surface area contributed by atoms with Gasteiger partial charge in [-0.25, -0.2) is 4.98 Å². The fraction of sp³-hybridized carbons (Fsp3) is 0.800. The molecular weight excluding hydrogens is 194 g/mol. The molecule has 0 aliphatic heterocycles. The molecule has 3 nitrogen and oxygen atoms in total. The third kappa shape index (κ3) is 2.75. The van der Waals surface area contributed by atoms with Gasteiger partial charge in [-0.2, -0.15) is 4.37 Å². The lowest BCUT2D eigenvalue weighted by Crippen LogP contribution is -2.32. The minimum absolute atomic E-state index is 0.464. The van der Waals surface area contributed by atoms with Gasteiger partial charge in [0, 0.05) is 12.0 Å². The third-order valence-corrected chi connectivity index (χ3v) is 3.45. The monoisotopic (exact) mass is 213 g/mol. The molecule has 0 amide bonds. The SMILES string of the molecule is CCNC(CC)C(C)c1nc(C)ns1. The fourth-order valence-electron chi connectivity index (χ4n) is 1.61. The molecule has 0 radical (unpaired) electrons. The molecule has 0 bridgehead atoms. The Hall–Kier alpha value is -0.480. The van der Waals surface area contributed by atoms with Gasteiger partial charge in [0.1, 0.15) is 10.8 Å². The zero-order chi connectivity index (χ0) is 10.6. The summed E-state index contributed by atoms with van der Waals surface area (Å²) in [6.45, 7) is 9.52. The lowest BCUT2D eigenvalue weighted by Gasteiger charge is -2.21. The van der Waals surface area contributed by atoms with E-state index in [1.165, 1.54) is 11.5 Å². The summed E-state index contributed by atoms with van der Waals surface area (Å²) in [5, 5.41) is 4.63. The minimum atomic E-state index is 0.464. The van der Waals surface area contributed by atoms with Gasteiger partial charge < -0.3 is 5.32 Å². The van der Waals surface area contributed by atoms with Gasteiger partial charge in [-0.15, -0.1) is 0 Å². The topological polar surface area (TPSA) is 37.8 Å². The minimum Gasteiger partial charge on any atom is -0.314 e. The number of hydrogen-bond donors (Lipinski definition) is 1. The van der Waals surface area contributed by atoms with Gasteiger partial charge in [0.15, 0.2) is 0 Å². The lowest BCUT2D eigenvalue weighted by molar-refractivity contribution is 0.447. The van der Waals surface area contributed by atoms with Gasteiger partial charge in [-0.1, -0.05) is 20.8 Å². The van der Waals surface area contributed by atoms with Crippen molar-refractivity contribution in [1.82, 2.24) is 14.7 Å². The lowest BCUT2D eigenvalue weighted by atomic mass is 10.0. The zero-order valence-corrected chi connectivity index (χ0v) is 10.2. The second-order valence-electron chi connectivity index (χ2n) is 3.54. The van der Waals surface area contributed by atoms with Crippen molar-refractivity contribution in [2.45, 2.75) is 46.1 Å². The molecule has 1 rings (SSSR count). The van der Waals surface area contributed by atoms with E-state index < -0.39 is 0 Å². The summed E-state index contributed by atoms with van der Waals surface area (Å²) in [6, 6.07) is 0.521. The van der Waals surface area contributed by atoms with E-state index in [1.807, 2.05) is 6.92 Å². The largest absolute Gasteiger partial charge is 0.314 e. The van der Waals surface area contributed by atoms with Crippen molar-refractivity contribution in [2.24, 2.45) is 0 Å². The molecule has 0 aliphatic rings. The standard InChI is InChI=1S/C10H19N3S/c1-5-9(11-6-2)7(3)10-12-8(4)13-14-10/h7,9,11H,5-6H2,1-4H3. The molecule has 1 aromatic rings. The smallest absolute Gasteiger partial charge is 0.139 e. The van der Waals surface area contributed by atoms with E-state index in [0.717, 1.165) is 23.8 Å². The van der Waals surface area contributed by atoms with Gasteiger partial charge in [0.05, 0.1) is 0 Å². The van der Waals surface area contributed by atoms with Crippen LogP contribution in [0, 0.1) is 6.92 Å². The van der Waals surface area contributed by atoms with Crippen LogP contribution >= 0.6 is 11.5 Å². The molecule has 1 N–H and O–H groups in total. The Bertz CT molecular complexity index is 272. The number of likely N-dealkylation sites (N-methyl/N-ethyl adjacent to an activating group) is 1. The summed E-state index contributed by atoms with van der Waals surface area (Å²) >= 11 is 1.53. The van der Waals surface area contributed by atoms with Gasteiger partial charge in [-0.05, 0) is 31.4 Å². The highest BCUT2D eigenvalue weighted by atomic mass is 32.1. The van der Waals surface area contributed by atoms with Crippen molar-refractivity contribution in [2.75, 3.05) is 6.54 Å². The molecule has 0 spiro atoms. The molecule has 80 valence electrons. The van der Waals surface area contributed by atoms with Crippen LogP contribution in [-0.2, 0) is 0 Å². The summed E-state index contributed by atoms with van der Waals surface area (Å²) in [5.74, 6) is 1.36. The second-order valence-corrected chi connectivity index (χ2v) is 4.32. The average molecular weight is 213 g/mol. The van der Waals surface area contributed by atoms with E-state index in [0.29, 0.717) is 12.0 Å². The molecule has 2 atom stereocenters. The van der Waals surface area contributed by atoms with E-state index in [1.54, 1.807) is 0 Å². The van der Waals surface area contributed by atoms with Gasteiger partial charge >= 0.3 is 0 Å². The second kappa shape index (κ2) is 5.41. The van der Waals surface area contributed by atoms with Crippen molar-refractivity contribution in [3.05, 3.63) is 10.8 Å². The van der Waals surface area contributed by atoms with E-state index in [-0.39, 0.29) is 0 Å². The van der Waals surface area contributed by atoms with Crippen molar-refractivity contribution in [1.29, 1.82) is 0 Å². The van der Waals surface area contributed by atoms with E-state index in [2.05, 4.69) is 35.4 Å². The van der Waals surface area contributed by atoms with E-state index >= 15 is 0 Å². The van der Waals surface area contributed by atoms with Crippen LogP contribution < -0.4 is 5.32 Å². The van der Waals surface area contributed by atoms with Crippen LogP contribution in [0.5, 0.6) is 0 Å². The molecule has 0 aliphatic carbocycles. The fourth-order valence-corrected chi connectivity index (χ4v) is 2.38. The van der Waals surface area contributed by atoms with Crippen LogP contribution in [0.1, 0.15) is 43.9 Å². The number of nitrogens with one attached hydrogen (secondary N) is 1. The average Bonchev–Trinajstić information content (AvgIpc) is 2.60. The summed E-state index contributed by atoms with van der Waals surface area (Å²) in [7, 11) is 0. The third-order valence-electron chi connectivity index (χ3n) is 2.44. The number of nitrogens with zero attached hydrogens (tertiary/aromatic N) is 2. The maximum atomic E-state index is 4.43. The zero-order valence-electron chi connectivity index (χ0n) is 9.37. The number of aromatic nitrogens is 2. The molecule has 0 aromatic carbocycles. The quantitative estimate of drug-likeness (QED) is 0.816.